The highest BCUT2D eigenvalue weighted by molar-refractivity contribution is 5.86. The first kappa shape index (κ1) is 16.8. The first-order valence-corrected chi connectivity index (χ1v) is 8.97. The van der Waals surface area contributed by atoms with Crippen LogP contribution in [0.3, 0.4) is 0 Å². The van der Waals surface area contributed by atoms with Gasteiger partial charge in [0, 0.05) is 25.2 Å². The van der Waals surface area contributed by atoms with Crippen molar-refractivity contribution in [2.75, 3.05) is 31.2 Å². The van der Waals surface area contributed by atoms with Crippen molar-refractivity contribution in [1.82, 2.24) is 19.5 Å². The number of imidazole rings is 1. The van der Waals surface area contributed by atoms with Crippen LogP contribution in [-0.2, 0) is 11.3 Å². The van der Waals surface area contributed by atoms with Crippen LogP contribution in [0.4, 0.5) is 5.82 Å². The summed E-state index contributed by atoms with van der Waals surface area (Å²) in [6.07, 6.45) is 1.84. The lowest BCUT2D eigenvalue weighted by Crippen LogP contribution is -2.37. The van der Waals surface area contributed by atoms with E-state index in [9.17, 15) is 5.11 Å². The zero-order valence-electron chi connectivity index (χ0n) is 15.1. The number of hydrogen-bond donors (Lipinski definition) is 1. The van der Waals surface area contributed by atoms with E-state index in [0.29, 0.717) is 25.0 Å². The van der Waals surface area contributed by atoms with E-state index in [1.54, 1.807) is 18.2 Å². The minimum atomic E-state index is 0.204. The highest BCUT2D eigenvalue weighted by atomic mass is 16.5. The van der Waals surface area contributed by atoms with Gasteiger partial charge < -0.3 is 19.3 Å². The third-order valence-corrected chi connectivity index (χ3v) is 4.42. The summed E-state index contributed by atoms with van der Waals surface area (Å²) in [5, 5.41) is 9.84. The summed E-state index contributed by atoms with van der Waals surface area (Å²) < 4.78 is 7.56. The minimum Gasteiger partial charge on any atom is -0.508 e. The Bertz CT molecular complexity index is 915. The molecule has 0 spiro atoms. The fourth-order valence-corrected chi connectivity index (χ4v) is 3.23. The Morgan fingerprint density at radius 2 is 2.00 bits per heavy atom. The highest BCUT2D eigenvalue weighted by Crippen LogP contribution is 2.28. The Morgan fingerprint density at radius 1 is 1.19 bits per heavy atom. The molecule has 1 aliphatic heterocycles. The summed E-state index contributed by atoms with van der Waals surface area (Å²) in [7, 11) is 0. The molecule has 3 heterocycles. The lowest BCUT2D eigenvalue weighted by atomic mass is 10.2. The third kappa shape index (κ3) is 3.22. The second-order valence-electron chi connectivity index (χ2n) is 6.98. The molecule has 1 saturated heterocycles. The Morgan fingerprint density at radius 3 is 2.73 bits per heavy atom. The predicted octanol–water partition coefficient (Wildman–Crippen LogP) is 2.69. The number of aromatic hydroxyl groups is 1. The van der Waals surface area contributed by atoms with Crippen molar-refractivity contribution in [2.24, 2.45) is 5.92 Å². The molecule has 7 nitrogen and oxygen atoms in total. The molecule has 0 bridgehead atoms. The van der Waals surface area contributed by atoms with Gasteiger partial charge in [-0.15, -0.1) is 0 Å². The summed E-state index contributed by atoms with van der Waals surface area (Å²) in [5.74, 6) is 2.12. The van der Waals surface area contributed by atoms with Crippen LogP contribution in [0, 0.1) is 5.92 Å². The van der Waals surface area contributed by atoms with Gasteiger partial charge in [0.15, 0.2) is 22.8 Å². The van der Waals surface area contributed by atoms with E-state index in [0.717, 1.165) is 42.2 Å². The quantitative estimate of drug-likeness (QED) is 0.777. The number of nitrogens with zero attached hydrogens (tertiary/aromatic N) is 5. The second kappa shape index (κ2) is 6.92. The summed E-state index contributed by atoms with van der Waals surface area (Å²) in [6, 6.07) is 7.05. The molecule has 7 heteroatoms. The van der Waals surface area contributed by atoms with E-state index in [4.69, 9.17) is 14.7 Å². The number of anilines is 1. The van der Waals surface area contributed by atoms with Gasteiger partial charge in [-0.05, 0) is 18.1 Å². The number of fused-ring (bicyclic) bond motifs is 1. The van der Waals surface area contributed by atoms with Gasteiger partial charge in [0.2, 0.25) is 0 Å². The topological polar surface area (TPSA) is 76.3 Å². The number of morpholine rings is 1. The molecule has 26 heavy (non-hydrogen) atoms. The predicted molar refractivity (Wildman–Crippen MR) is 100 cm³/mol. The van der Waals surface area contributed by atoms with Crippen LogP contribution >= 0.6 is 0 Å². The molecule has 3 aromatic rings. The lowest BCUT2D eigenvalue weighted by Gasteiger charge is -2.28. The van der Waals surface area contributed by atoms with Crippen LogP contribution in [0.25, 0.3) is 22.6 Å². The van der Waals surface area contributed by atoms with Crippen molar-refractivity contribution < 1.29 is 9.84 Å². The van der Waals surface area contributed by atoms with Gasteiger partial charge >= 0.3 is 0 Å². The van der Waals surface area contributed by atoms with E-state index in [1.807, 2.05) is 12.4 Å². The van der Waals surface area contributed by atoms with Gasteiger partial charge in [0.05, 0.1) is 19.5 Å². The number of hydrogen-bond acceptors (Lipinski definition) is 6. The molecule has 1 aliphatic rings. The zero-order valence-corrected chi connectivity index (χ0v) is 15.1. The Kier molecular flexibility index (Phi) is 4.46. The maximum absolute atomic E-state index is 9.84. The van der Waals surface area contributed by atoms with Gasteiger partial charge in [-0.2, -0.15) is 0 Å². The van der Waals surface area contributed by atoms with Crippen LogP contribution in [0.5, 0.6) is 5.75 Å². The van der Waals surface area contributed by atoms with Crippen LogP contribution in [0.2, 0.25) is 0 Å². The largest absolute Gasteiger partial charge is 0.508 e. The van der Waals surface area contributed by atoms with Crippen LogP contribution in [0.1, 0.15) is 13.8 Å². The molecule has 136 valence electrons. The van der Waals surface area contributed by atoms with E-state index >= 15 is 0 Å². The molecule has 1 N–H and O–H groups in total. The van der Waals surface area contributed by atoms with Crippen molar-refractivity contribution in [3.05, 3.63) is 30.6 Å². The fourth-order valence-electron chi connectivity index (χ4n) is 3.23. The standard InChI is InChI=1S/C19H23N5O2/c1-13(2)11-24-12-20-16-18(23-6-8-26-9-7-23)21-17(22-19(16)24)14-4-3-5-15(25)10-14/h3-5,10,12-13,25H,6-9,11H2,1-2H3. The molecular formula is C19H23N5O2. The molecule has 0 amide bonds. The normalized spacial score (nSPS) is 15.1. The van der Waals surface area contributed by atoms with Gasteiger partial charge in [-0.25, -0.2) is 15.0 Å². The first-order valence-electron chi connectivity index (χ1n) is 8.97. The van der Waals surface area contributed by atoms with Crippen LogP contribution < -0.4 is 4.90 Å². The lowest BCUT2D eigenvalue weighted by molar-refractivity contribution is 0.122. The van der Waals surface area contributed by atoms with Crippen LogP contribution in [-0.4, -0.2) is 50.9 Å². The van der Waals surface area contributed by atoms with E-state index in [1.165, 1.54) is 0 Å². The zero-order chi connectivity index (χ0) is 18.1. The van der Waals surface area contributed by atoms with Gasteiger partial charge in [0.25, 0.3) is 0 Å². The molecule has 0 atom stereocenters. The molecule has 0 unspecified atom stereocenters. The Balaban J connectivity index is 1.88. The maximum Gasteiger partial charge on any atom is 0.166 e. The minimum absolute atomic E-state index is 0.204. The van der Waals surface area contributed by atoms with Crippen molar-refractivity contribution in [1.29, 1.82) is 0 Å². The van der Waals surface area contributed by atoms with Crippen molar-refractivity contribution >= 4 is 17.0 Å². The average molecular weight is 353 g/mol. The number of aromatic nitrogens is 4. The third-order valence-electron chi connectivity index (χ3n) is 4.42. The van der Waals surface area contributed by atoms with Gasteiger partial charge in [0.1, 0.15) is 5.75 Å². The first-order chi connectivity index (χ1) is 12.6. The number of benzene rings is 1. The Hall–Kier alpha value is -2.67. The van der Waals surface area contributed by atoms with E-state index in [2.05, 4.69) is 28.3 Å². The average Bonchev–Trinajstić information content (AvgIpc) is 3.04. The molecule has 4 rings (SSSR count). The molecule has 1 aromatic carbocycles. The molecule has 0 radical (unpaired) electrons. The van der Waals surface area contributed by atoms with E-state index < -0.39 is 0 Å². The maximum atomic E-state index is 9.84. The van der Waals surface area contributed by atoms with Crippen molar-refractivity contribution in [3.63, 3.8) is 0 Å². The monoisotopic (exact) mass is 353 g/mol. The molecule has 2 aromatic heterocycles. The molecule has 0 saturated carbocycles. The van der Waals surface area contributed by atoms with Gasteiger partial charge in [-0.1, -0.05) is 26.0 Å². The SMILES string of the molecule is CC(C)Cn1cnc2c(N3CCOCC3)nc(-c3cccc(O)c3)nc21. The Labute approximate surface area is 152 Å². The number of phenolic OH excluding ortho intramolecular Hbond substituents is 1. The second-order valence-corrected chi connectivity index (χ2v) is 6.98. The number of ether oxygens (including phenoxy) is 1. The summed E-state index contributed by atoms with van der Waals surface area (Å²) >= 11 is 0. The van der Waals surface area contributed by atoms with Crippen molar-refractivity contribution in [2.45, 2.75) is 20.4 Å². The molecule has 1 fully saturated rings. The fraction of sp³-hybridized carbons (Fsp3) is 0.421. The molecular weight excluding hydrogens is 330 g/mol. The summed E-state index contributed by atoms with van der Waals surface area (Å²) in [6.45, 7) is 8.11. The smallest absolute Gasteiger partial charge is 0.166 e. The summed E-state index contributed by atoms with van der Waals surface area (Å²) in [5.41, 5.74) is 2.43. The van der Waals surface area contributed by atoms with Crippen molar-refractivity contribution in [3.8, 4) is 17.1 Å². The van der Waals surface area contributed by atoms with Crippen LogP contribution in [0.15, 0.2) is 30.6 Å². The number of rotatable bonds is 4. The molecule has 0 aliphatic carbocycles. The highest BCUT2D eigenvalue weighted by Gasteiger charge is 2.21. The van der Waals surface area contributed by atoms with Gasteiger partial charge in [-0.3, -0.25) is 0 Å². The number of phenols is 1. The van der Waals surface area contributed by atoms with E-state index in [-0.39, 0.29) is 5.75 Å². The summed E-state index contributed by atoms with van der Waals surface area (Å²) in [4.78, 5) is 16.4.